The van der Waals surface area contributed by atoms with Gasteiger partial charge >= 0.3 is 0 Å². The van der Waals surface area contributed by atoms with Gasteiger partial charge < -0.3 is 14.8 Å². The number of carbonyl (C=O) groups excluding carboxylic acids is 1. The fourth-order valence-electron chi connectivity index (χ4n) is 3.12. The molecule has 1 aliphatic rings. The van der Waals surface area contributed by atoms with Crippen molar-refractivity contribution >= 4 is 21.6 Å². The molecule has 1 N–H and O–H groups in total. The molecule has 0 spiro atoms. The van der Waals surface area contributed by atoms with Crippen molar-refractivity contribution in [3.05, 3.63) is 53.6 Å². The van der Waals surface area contributed by atoms with Gasteiger partial charge in [0.15, 0.2) is 0 Å². The van der Waals surface area contributed by atoms with E-state index in [1.807, 2.05) is 0 Å². The summed E-state index contributed by atoms with van der Waals surface area (Å²) in [6, 6.07) is 11.7. The number of hydrogen-bond donors (Lipinski definition) is 1. The lowest BCUT2D eigenvalue weighted by molar-refractivity contribution is 0.102. The molecule has 0 aromatic heterocycles. The molecule has 0 unspecified atom stereocenters. The highest BCUT2D eigenvalue weighted by atomic mass is 32.2. The molecule has 7 nitrogen and oxygen atoms in total. The lowest BCUT2D eigenvalue weighted by Crippen LogP contribution is -2.29. The van der Waals surface area contributed by atoms with E-state index in [2.05, 4.69) is 5.32 Å². The predicted molar refractivity (Wildman–Crippen MR) is 107 cm³/mol. The topological polar surface area (TPSA) is 84.9 Å². The molecule has 0 saturated carbocycles. The zero-order chi connectivity index (χ0) is 20.1. The van der Waals surface area contributed by atoms with Crippen LogP contribution in [-0.4, -0.2) is 45.9 Å². The van der Waals surface area contributed by atoms with Crippen LogP contribution >= 0.6 is 0 Å². The molecule has 1 fully saturated rings. The number of rotatable bonds is 7. The van der Waals surface area contributed by atoms with Gasteiger partial charge in [0.05, 0.1) is 25.7 Å². The van der Waals surface area contributed by atoms with E-state index in [-0.39, 0.29) is 11.7 Å². The molecule has 0 atom stereocenters. The van der Waals surface area contributed by atoms with E-state index in [0.717, 1.165) is 12.8 Å². The van der Waals surface area contributed by atoms with E-state index in [0.29, 0.717) is 41.4 Å². The first-order valence-electron chi connectivity index (χ1n) is 9.03. The number of sulfonamides is 1. The van der Waals surface area contributed by atoms with Crippen LogP contribution in [0.15, 0.2) is 42.5 Å². The van der Waals surface area contributed by atoms with Crippen molar-refractivity contribution in [2.45, 2.75) is 18.6 Å². The summed E-state index contributed by atoms with van der Waals surface area (Å²) in [5.41, 5.74) is 1.61. The predicted octanol–water partition coefficient (Wildman–Crippen LogP) is 2.88. The van der Waals surface area contributed by atoms with Crippen LogP contribution in [0.1, 0.15) is 28.8 Å². The molecule has 1 saturated heterocycles. The smallest absolute Gasteiger partial charge is 0.255 e. The van der Waals surface area contributed by atoms with Gasteiger partial charge in [0.2, 0.25) is 10.0 Å². The van der Waals surface area contributed by atoms with Crippen LogP contribution < -0.4 is 14.8 Å². The van der Waals surface area contributed by atoms with Crippen LogP contribution in [0, 0.1) is 0 Å². The number of amides is 1. The van der Waals surface area contributed by atoms with E-state index in [1.54, 1.807) is 49.6 Å². The van der Waals surface area contributed by atoms with E-state index >= 15 is 0 Å². The van der Waals surface area contributed by atoms with Crippen molar-refractivity contribution in [3.63, 3.8) is 0 Å². The molecule has 1 amide bonds. The molecular weight excluding hydrogens is 380 g/mol. The summed E-state index contributed by atoms with van der Waals surface area (Å²) < 4.78 is 36.8. The second-order valence-electron chi connectivity index (χ2n) is 6.58. The van der Waals surface area contributed by atoms with Gasteiger partial charge in [-0.1, -0.05) is 12.1 Å². The Kier molecular flexibility index (Phi) is 6.21. The van der Waals surface area contributed by atoms with Crippen LogP contribution in [0.3, 0.4) is 0 Å². The summed E-state index contributed by atoms with van der Waals surface area (Å²) in [5.74, 6) is 0.748. The number of hydrogen-bond acceptors (Lipinski definition) is 5. The molecule has 1 heterocycles. The van der Waals surface area contributed by atoms with Crippen LogP contribution in [0.4, 0.5) is 5.69 Å². The fourth-order valence-corrected chi connectivity index (χ4v) is 4.73. The number of nitrogens with zero attached hydrogens (tertiary/aromatic N) is 1. The first kappa shape index (κ1) is 20.2. The lowest BCUT2D eigenvalue weighted by atomic mass is 10.1. The summed E-state index contributed by atoms with van der Waals surface area (Å²) >= 11 is 0. The molecule has 1 aliphatic heterocycles. The second-order valence-corrected chi connectivity index (χ2v) is 8.55. The van der Waals surface area contributed by atoms with Crippen molar-refractivity contribution in [3.8, 4) is 11.5 Å². The fraction of sp³-hybridized carbons (Fsp3) is 0.350. The van der Waals surface area contributed by atoms with Crippen molar-refractivity contribution in [2.75, 3.05) is 32.6 Å². The summed E-state index contributed by atoms with van der Waals surface area (Å²) in [6.45, 7) is 1.18. The van der Waals surface area contributed by atoms with Gasteiger partial charge in [-0.3, -0.25) is 4.79 Å². The Bertz CT molecular complexity index is 936. The number of nitrogens with one attached hydrogen (secondary N) is 1. The van der Waals surface area contributed by atoms with Crippen molar-refractivity contribution in [1.82, 2.24) is 4.31 Å². The normalized spacial score (nSPS) is 14.6. The monoisotopic (exact) mass is 404 g/mol. The molecule has 0 radical (unpaired) electrons. The number of ether oxygens (including phenoxy) is 2. The summed E-state index contributed by atoms with van der Waals surface area (Å²) in [7, 11) is -0.238. The molecule has 8 heteroatoms. The Labute approximate surface area is 165 Å². The first-order valence-corrected chi connectivity index (χ1v) is 10.6. The third-order valence-corrected chi connectivity index (χ3v) is 6.53. The molecule has 0 bridgehead atoms. The summed E-state index contributed by atoms with van der Waals surface area (Å²) in [6.07, 6.45) is 1.82. The van der Waals surface area contributed by atoms with Crippen molar-refractivity contribution < 1.29 is 22.7 Å². The highest BCUT2D eigenvalue weighted by Crippen LogP contribution is 2.29. The largest absolute Gasteiger partial charge is 0.497 e. The minimum Gasteiger partial charge on any atom is -0.497 e. The molecule has 3 rings (SSSR count). The Morgan fingerprint density at radius 3 is 2.32 bits per heavy atom. The van der Waals surface area contributed by atoms with Crippen LogP contribution in [-0.2, 0) is 15.8 Å². The van der Waals surface area contributed by atoms with E-state index in [4.69, 9.17) is 9.47 Å². The standard InChI is InChI=1S/C20H24N2O5S/c1-26-17-9-10-18(19(13-17)27-2)21-20(23)16-7-5-15(6-8-16)14-28(24,25)22-11-3-4-12-22/h5-10,13H,3-4,11-12,14H2,1-2H3,(H,21,23). The first-order chi connectivity index (χ1) is 13.4. The third-order valence-electron chi connectivity index (χ3n) is 4.68. The zero-order valence-electron chi connectivity index (χ0n) is 16.0. The molecule has 2 aromatic rings. The van der Waals surface area contributed by atoms with E-state index < -0.39 is 10.0 Å². The minimum atomic E-state index is -3.31. The lowest BCUT2D eigenvalue weighted by Gasteiger charge is -2.15. The quantitative estimate of drug-likeness (QED) is 0.767. The van der Waals surface area contributed by atoms with Gasteiger partial charge in [0, 0.05) is 24.7 Å². The average Bonchev–Trinajstić information content (AvgIpc) is 3.24. The van der Waals surface area contributed by atoms with Gasteiger partial charge in [-0.25, -0.2) is 12.7 Å². The second kappa shape index (κ2) is 8.62. The van der Waals surface area contributed by atoms with Crippen LogP contribution in [0.25, 0.3) is 0 Å². The molecule has 2 aromatic carbocycles. The van der Waals surface area contributed by atoms with E-state index in [9.17, 15) is 13.2 Å². The maximum absolute atomic E-state index is 12.5. The highest BCUT2D eigenvalue weighted by molar-refractivity contribution is 7.88. The van der Waals surface area contributed by atoms with Crippen LogP contribution in [0.2, 0.25) is 0 Å². The number of methoxy groups -OCH3 is 2. The Hall–Kier alpha value is -2.58. The van der Waals surface area contributed by atoms with Crippen molar-refractivity contribution in [2.24, 2.45) is 0 Å². The summed E-state index contributed by atoms with van der Waals surface area (Å²) in [5, 5.41) is 2.80. The van der Waals surface area contributed by atoms with Gasteiger partial charge in [-0.15, -0.1) is 0 Å². The molecule has 150 valence electrons. The Balaban J connectivity index is 1.68. The SMILES string of the molecule is COc1ccc(NC(=O)c2ccc(CS(=O)(=O)N3CCCC3)cc2)c(OC)c1. The zero-order valence-corrected chi connectivity index (χ0v) is 16.8. The van der Waals surface area contributed by atoms with Gasteiger partial charge in [0.25, 0.3) is 5.91 Å². The van der Waals surface area contributed by atoms with Crippen LogP contribution in [0.5, 0.6) is 11.5 Å². The number of carbonyl (C=O) groups is 1. The number of benzene rings is 2. The van der Waals surface area contributed by atoms with Gasteiger partial charge in [-0.05, 0) is 42.7 Å². The highest BCUT2D eigenvalue weighted by Gasteiger charge is 2.25. The molecule has 0 aliphatic carbocycles. The maximum Gasteiger partial charge on any atom is 0.255 e. The Morgan fingerprint density at radius 1 is 1.04 bits per heavy atom. The van der Waals surface area contributed by atoms with E-state index in [1.165, 1.54) is 11.4 Å². The molecule has 28 heavy (non-hydrogen) atoms. The third kappa shape index (κ3) is 4.63. The number of anilines is 1. The average molecular weight is 404 g/mol. The van der Waals surface area contributed by atoms with Gasteiger partial charge in [0.1, 0.15) is 11.5 Å². The molecular formula is C20H24N2O5S. The summed E-state index contributed by atoms with van der Waals surface area (Å²) in [4.78, 5) is 12.5. The maximum atomic E-state index is 12.5. The van der Waals surface area contributed by atoms with Gasteiger partial charge in [-0.2, -0.15) is 0 Å². The Morgan fingerprint density at radius 2 is 1.71 bits per heavy atom. The minimum absolute atomic E-state index is 0.0544. The van der Waals surface area contributed by atoms with Crippen molar-refractivity contribution in [1.29, 1.82) is 0 Å².